The van der Waals surface area contributed by atoms with E-state index in [0.29, 0.717) is 6.04 Å². The Morgan fingerprint density at radius 3 is 2.25 bits per heavy atom. The summed E-state index contributed by atoms with van der Waals surface area (Å²) in [6, 6.07) is 0.531. The number of aliphatic hydroxyl groups is 2. The Balaban J connectivity index is 2.48. The molecule has 72 valence electrons. The van der Waals surface area contributed by atoms with E-state index < -0.39 is 0 Å². The molecule has 1 aliphatic heterocycles. The molecule has 3 N–H and O–H groups in total. The molecule has 1 saturated heterocycles. The van der Waals surface area contributed by atoms with Crippen molar-refractivity contribution in [2.24, 2.45) is 5.41 Å². The van der Waals surface area contributed by atoms with Gasteiger partial charge in [0.1, 0.15) is 0 Å². The van der Waals surface area contributed by atoms with Crippen molar-refractivity contribution in [2.75, 3.05) is 19.8 Å². The first-order valence-corrected chi connectivity index (χ1v) is 4.67. The van der Waals surface area contributed by atoms with E-state index in [2.05, 4.69) is 12.2 Å². The van der Waals surface area contributed by atoms with Crippen LogP contribution < -0.4 is 5.32 Å². The summed E-state index contributed by atoms with van der Waals surface area (Å²) in [5.41, 5.74) is 0.156. The van der Waals surface area contributed by atoms with Crippen molar-refractivity contribution in [1.29, 1.82) is 0 Å². The molecule has 0 unspecified atom stereocenters. The van der Waals surface area contributed by atoms with Gasteiger partial charge in [0.05, 0.1) is 0 Å². The van der Waals surface area contributed by atoms with Gasteiger partial charge in [-0.15, -0.1) is 0 Å². The lowest BCUT2D eigenvalue weighted by Gasteiger charge is -2.26. The van der Waals surface area contributed by atoms with E-state index >= 15 is 0 Å². The van der Waals surface area contributed by atoms with Crippen molar-refractivity contribution in [1.82, 2.24) is 5.32 Å². The highest BCUT2D eigenvalue weighted by molar-refractivity contribution is 4.91. The van der Waals surface area contributed by atoms with Gasteiger partial charge in [0.25, 0.3) is 0 Å². The van der Waals surface area contributed by atoms with E-state index in [-0.39, 0.29) is 18.6 Å². The third-order valence-electron chi connectivity index (χ3n) is 2.85. The Bertz CT molecular complexity index is 127. The summed E-state index contributed by atoms with van der Waals surface area (Å²) >= 11 is 0. The van der Waals surface area contributed by atoms with Crippen LogP contribution in [0.4, 0.5) is 0 Å². The molecule has 0 aromatic heterocycles. The molecule has 1 heterocycles. The van der Waals surface area contributed by atoms with Gasteiger partial charge in [0, 0.05) is 25.8 Å². The maximum Gasteiger partial charge on any atom is 0.0436 e. The van der Waals surface area contributed by atoms with Crippen LogP contribution >= 0.6 is 0 Å². The molecule has 0 aromatic rings. The van der Waals surface area contributed by atoms with Crippen LogP contribution in [0.25, 0.3) is 0 Å². The van der Waals surface area contributed by atoms with E-state index in [0.717, 1.165) is 25.8 Å². The highest BCUT2D eigenvalue weighted by Gasteiger charge is 2.35. The van der Waals surface area contributed by atoms with Gasteiger partial charge in [-0.25, -0.2) is 0 Å². The summed E-state index contributed by atoms with van der Waals surface area (Å²) in [6.45, 7) is 3.55. The van der Waals surface area contributed by atoms with Crippen LogP contribution in [-0.4, -0.2) is 36.0 Å². The molecule has 0 radical (unpaired) electrons. The maximum absolute atomic E-state index is 8.90. The summed E-state index contributed by atoms with van der Waals surface area (Å²) in [7, 11) is 0. The summed E-state index contributed by atoms with van der Waals surface area (Å²) in [5.74, 6) is 0. The standard InChI is InChI=1S/C9H19NO2/c1-8-6-9(2-4-11,3-5-12)7-10-8/h8,10-12H,2-7H2,1H3/t8-/m1/s1. The maximum atomic E-state index is 8.90. The predicted molar refractivity (Wildman–Crippen MR) is 47.9 cm³/mol. The van der Waals surface area contributed by atoms with Gasteiger partial charge in [-0.05, 0) is 31.6 Å². The van der Waals surface area contributed by atoms with Crippen LogP contribution in [0.15, 0.2) is 0 Å². The Labute approximate surface area is 73.8 Å². The number of nitrogens with one attached hydrogen (secondary N) is 1. The second kappa shape index (κ2) is 4.21. The van der Waals surface area contributed by atoms with E-state index in [1.54, 1.807) is 0 Å². The van der Waals surface area contributed by atoms with Crippen molar-refractivity contribution < 1.29 is 10.2 Å². The monoisotopic (exact) mass is 173 g/mol. The largest absolute Gasteiger partial charge is 0.396 e. The van der Waals surface area contributed by atoms with Crippen LogP contribution in [0, 0.1) is 5.41 Å². The fourth-order valence-corrected chi connectivity index (χ4v) is 2.16. The Kier molecular flexibility index (Phi) is 3.50. The SMILES string of the molecule is C[C@@H]1CC(CCO)(CCO)CN1. The Morgan fingerprint density at radius 1 is 1.33 bits per heavy atom. The molecule has 12 heavy (non-hydrogen) atoms. The molecule has 0 amide bonds. The lowest BCUT2D eigenvalue weighted by Crippen LogP contribution is -2.26. The summed E-state index contributed by atoms with van der Waals surface area (Å²) in [5, 5.41) is 21.1. The van der Waals surface area contributed by atoms with Gasteiger partial charge in [0.15, 0.2) is 0 Å². The molecule has 0 aliphatic carbocycles. The Morgan fingerprint density at radius 2 is 1.92 bits per heavy atom. The van der Waals surface area contributed by atoms with Gasteiger partial charge in [-0.3, -0.25) is 0 Å². The minimum Gasteiger partial charge on any atom is -0.396 e. The third kappa shape index (κ3) is 2.19. The first-order chi connectivity index (χ1) is 5.72. The van der Waals surface area contributed by atoms with Crippen LogP contribution in [-0.2, 0) is 0 Å². The van der Waals surface area contributed by atoms with Gasteiger partial charge >= 0.3 is 0 Å². The summed E-state index contributed by atoms with van der Waals surface area (Å²) in [6.07, 6.45) is 2.70. The molecule has 3 heteroatoms. The topological polar surface area (TPSA) is 52.5 Å². The second-order valence-corrected chi connectivity index (χ2v) is 3.93. The first kappa shape index (κ1) is 9.96. The molecule has 3 nitrogen and oxygen atoms in total. The van der Waals surface area contributed by atoms with Crippen LogP contribution in [0.5, 0.6) is 0 Å². The second-order valence-electron chi connectivity index (χ2n) is 3.93. The first-order valence-electron chi connectivity index (χ1n) is 4.67. The van der Waals surface area contributed by atoms with Crippen LogP contribution in [0.1, 0.15) is 26.2 Å². The smallest absolute Gasteiger partial charge is 0.0436 e. The molecule has 0 spiro atoms. The highest BCUT2D eigenvalue weighted by atomic mass is 16.3. The number of hydrogen-bond donors (Lipinski definition) is 3. The molecular formula is C9H19NO2. The minimum atomic E-state index is 0.156. The van der Waals surface area contributed by atoms with E-state index in [4.69, 9.17) is 10.2 Å². The van der Waals surface area contributed by atoms with Crippen molar-refractivity contribution in [2.45, 2.75) is 32.2 Å². The van der Waals surface area contributed by atoms with Gasteiger partial charge < -0.3 is 15.5 Å². The van der Waals surface area contributed by atoms with E-state index in [1.807, 2.05) is 0 Å². The quantitative estimate of drug-likeness (QED) is 0.566. The molecule has 1 aliphatic rings. The number of hydrogen-bond acceptors (Lipinski definition) is 3. The molecule has 1 fully saturated rings. The van der Waals surface area contributed by atoms with Crippen molar-refractivity contribution in [3.05, 3.63) is 0 Å². The predicted octanol–water partition coefficient (Wildman–Crippen LogP) is 0.119. The van der Waals surface area contributed by atoms with Crippen molar-refractivity contribution >= 4 is 0 Å². The van der Waals surface area contributed by atoms with Gasteiger partial charge in [-0.2, -0.15) is 0 Å². The zero-order chi connectivity index (χ0) is 9.03. The zero-order valence-corrected chi connectivity index (χ0v) is 7.71. The molecule has 1 atom stereocenters. The zero-order valence-electron chi connectivity index (χ0n) is 7.71. The minimum absolute atomic E-state index is 0.156. The van der Waals surface area contributed by atoms with Gasteiger partial charge in [-0.1, -0.05) is 0 Å². The fourth-order valence-electron chi connectivity index (χ4n) is 2.16. The molecule has 0 bridgehead atoms. The number of rotatable bonds is 4. The molecule has 1 rings (SSSR count). The number of aliphatic hydroxyl groups excluding tert-OH is 2. The highest BCUT2D eigenvalue weighted by Crippen LogP contribution is 2.35. The average Bonchev–Trinajstić information content (AvgIpc) is 2.34. The third-order valence-corrected chi connectivity index (χ3v) is 2.85. The van der Waals surface area contributed by atoms with Crippen LogP contribution in [0.2, 0.25) is 0 Å². The van der Waals surface area contributed by atoms with Gasteiger partial charge in [0.2, 0.25) is 0 Å². The molecular weight excluding hydrogens is 154 g/mol. The van der Waals surface area contributed by atoms with Crippen molar-refractivity contribution in [3.8, 4) is 0 Å². The van der Waals surface area contributed by atoms with E-state index in [1.165, 1.54) is 0 Å². The van der Waals surface area contributed by atoms with E-state index in [9.17, 15) is 0 Å². The van der Waals surface area contributed by atoms with Crippen LogP contribution in [0.3, 0.4) is 0 Å². The summed E-state index contributed by atoms with van der Waals surface area (Å²) < 4.78 is 0. The van der Waals surface area contributed by atoms with Crippen molar-refractivity contribution in [3.63, 3.8) is 0 Å². The normalized spacial score (nSPS) is 27.8. The fraction of sp³-hybridized carbons (Fsp3) is 1.00. The Hall–Kier alpha value is -0.120. The summed E-state index contributed by atoms with van der Waals surface area (Å²) in [4.78, 5) is 0. The molecule has 0 saturated carbocycles. The average molecular weight is 173 g/mol. The molecule has 0 aromatic carbocycles. The lowest BCUT2D eigenvalue weighted by molar-refractivity contribution is 0.147. The lowest BCUT2D eigenvalue weighted by atomic mass is 9.80.